The van der Waals surface area contributed by atoms with Crippen molar-refractivity contribution >= 4 is 11.9 Å². The lowest BCUT2D eigenvalue weighted by atomic mass is 9.78. The number of benzene rings is 1. The molecule has 0 saturated carbocycles. The zero-order chi connectivity index (χ0) is 26.7. The minimum Gasteiger partial charge on any atom is -0.475 e. The van der Waals surface area contributed by atoms with Crippen LogP contribution in [0.25, 0.3) is 0 Å². The molecular formula is C24H28F4N4O4. The molecule has 36 heavy (non-hydrogen) atoms. The van der Waals surface area contributed by atoms with Gasteiger partial charge < -0.3 is 15.3 Å². The van der Waals surface area contributed by atoms with Crippen LogP contribution < -0.4 is 10.9 Å². The molecule has 2 aromatic rings. The number of halogens is 4. The van der Waals surface area contributed by atoms with E-state index in [9.17, 15) is 27.2 Å². The number of nitrogens with one attached hydrogen (secondary N) is 2. The first kappa shape index (κ1) is 27.3. The highest BCUT2D eigenvalue weighted by Gasteiger charge is 2.39. The van der Waals surface area contributed by atoms with Gasteiger partial charge in [-0.15, -0.1) is 0 Å². The lowest BCUT2D eigenvalue weighted by Gasteiger charge is -2.39. The number of piperidine rings is 1. The van der Waals surface area contributed by atoms with E-state index in [-0.39, 0.29) is 17.0 Å². The maximum atomic E-state index is 14.5. The van der Waals surface area contributed by atoms with Gasteiger partial charge in [0.15, 0.2) is 0 Å². The number of likely N-dealkylation sites (tertiary alicyclic amines) is 1. The van der Waals surface area contributed by atoms with Crippen LogP contribution in [-0.2, 0) is 11.2 Å². The standard InChI is InChI=1S/C22H27FN4O2.C2HF3O2/c1-14-15(2)20(28)26-25-19(14)12-16-3-4-18(23)17(11-16)21(29)27-9-6-22(7-10-27)5-8-24-13-22;3-2(4,5)1(6)7/h3-4,11,24H,5-10,12-13H2,1-2H3,(H,26,28);(H,6,7). The monoisotopic (exact) mass is 512 g/mol. The van der Waals surface area contributed by atoms with Gasteiger partial charge in [-0.05, 0) is 68.3 Å². The van der Waals surface area contributed by atoms with Crippen molar-refractivity contribution in [3.63, 3.8) is 0 Å². The molecule has 0 aliphatic carbocycles. The maximum Gasteiger partial charge on any atom is 0.490 e. The van der Waals surface area contributed by atoms with Crippen molar-refractivity contribution in [3.05, 3.63) is 62.3 Å². The number of carboxylic acid groups (broad SMARTS) is 1. The molecule has 2 aliphatic rings. The van der Waals surface area contributed by atoms with Gasteiger partial charge in [0.1, 0.15) is 5.82 Å². The molecule has 1 spiro atoms. The van der Waals surface area contributed by atoms with Gasteiger partial charge in [-0.2, -0.15) is 18.3 Å². The number of hydrogen-bond donors (Lipinski definition) is 3. The van der Waals surface area contributed by atoms with E-state index < -0.39 is 18.0 Å². The highest BCUT2D eigenvalue weighted by atomic mass is 19.4. The van der Waals surface area contributed by atoms with Gasteiger partial charge in [0.2, 0.25) is 0 Å². The molecule has 196 valence electrons. The summed E-state index contributed by atoms with van der Waals surface area (Å²) in [7, 11) is 0. The van der Waals surface area contributed by atoms with E-state index in [2.05, 4.69) is 15.5 Å². The van der Waals surface area contributed by atoms with E-state index in [0.717, 1.165) is 49.2 Å². The van der Waals surface area contributed by atoms with E-state index in [0.29, 0.717) is 30.5 Å². The number of alkyl halides is 3. The van der Waals surface area contributed by atoms with E-state index in [4.69, 9.17) is 9.90 Å². The van der Waals surface area contributed by atoms with Crippen LogP contribution in [0.2, 0.25) is 0 Å². The summed E-state index contributed by atoms with van der Waals surface area (Å²) in [6, 6.07) is 4.65. The third kappa shape index (κ3) is 6.28. The minimum atomic E-state index is -5.08. The molecule has 2 aliphatic heterocycles. The first-order valence-corrected chi connectivity index (χ1v) is 11.5. The molecule has 8 nitrogen and oxygen atoms in total. The summed E-state index contributed by atoms with van der Waals surface area (Å²) in [6.07, 6.45) is -1.57. The van der Waals surface area contributed by atoms with Crippen molar-refractivity contribution in [1.29, 1.82) is 0 Å². The first-order chi connectivity index (χ1) is 16.8. The number of H-pyrrole nitrogens is 1. The summed E-state index contributed by atoms with van der Waals surface area (Å²) < 4.78 is 46.2. The summed E-state index contributed by atoms with van der Waals surface area (Å²) in [5.41, 5.74) is 3.17. The largest absolute Gasteiger partial charge is 0.490 e. The fraction of sp³-hybridized carbons (Fsp3) is 0.500. The molecular weight excluding hydrogens is 484 g/mol. The Kier molecular flexibility index (Phi) is 8.17. The molecule has 0 atom stereocenters. The average Bonchev–Trinajstić information content (AvgIpc) is 3.28. The number of aliphatic carboxylic acids is 1. The Bertz CT molecular complexity index is 1180. The molecule has 2 fully saturated rings. The van der Waals surface area contributed by atoms with Crippen LogP contribution >= 0.6 is 0 Å². The van der Waals surface area contributed by atoms with Crippen molar-refractivity contribution < 1.29 is 32.3 Å². The zero-order valence-electron chi connectivity index (χ0n) is 20.0. The number of hydrogen-bond acceptors (Lipinski definition) is 5. The molecule has 0 unspecified atom stereocenters. The Morgan fingerprint density at radius 3 is 2.33 bits per heavy atom. The van der Waals surface area contributed by atoms with Gasteiger partial charge in [0, 0.05) is 31.6 Å². The number of carbonyl (C=O) groups is 2. The van der Waals surface area contributed by atoms with Gasteiger partial charge >= 0.3 is 12.1 Å². The van der Waals surface area contributed by atoms with Gasteiger partial charge in [-0.3, -0.25) is 9.59 Å². The van der Waals surface area contributed by atoms with Crippen LogP contribution in [0.1, 0.15) is 52.0 Å². The Hall–Kier alpha value is -3.28. The molecule has 1 amide bonds. The Morgan fingerprint density at radius 1 is 1.14 bits per heavy atom. The molecule has 1 aromatic carbocycles. The third-order valence-electron chi connectivity index (χ3n) is 6.95. The van der Waals surface area contributed by atoms with Crippen molar-refractivity contribution in [2.24, 2.45) is 5.41 Å². The molecule has 12 heteroatoms. The lowest BCUT2D eigenvalue weighted by molar-refractivity contribution is -0.192. The molecule has 4 rings (SSSR count). The van der Waals surface area contributed by atoms with Gasteiger partial charge in [0.25, 0.3) is 11.5 Å². The third-order valence-corrected chi connectivity index (χ3v) is 6.95. The number of rotatable bonds is 3. The highest BCUT2D eigenvalue weighted by Crippen LogP contribution is 2.37. The second-order valence-corrected chi connectivity index (χ2v) is 9.26. The average molecular weight is 513 g/mol. The van der Waals surface area contributed by atoms with E-state index in [1.54, 1.807) is 24.0 Å². The second kappa shape index (κ2) is 10.8. The second-order valence-electron chi connectivity index (χ2n) is 9.26. The summed E-state index contributed by atoms with van der Waals surface area (Å²) >= 11 is 0. The van der Waals surface area contributed by atoms with Crippen LogP contribution in [0.5, 0.6) is 0 Å². The predicted octanol–water partition coefficient (Wildman–Crippen LogP) is 2.97. The fourth-order valence-electron chi connectivity index (χ4n) is 4.46. The SMILES string of the molecule is Cc1c(Cc2ccc(F)c(C(=O)N3CCC4(CCNC4)CC3)c2)n[nH]c(=O)c1C.O=C(O)C(F)(F)F. The van der Waals surface area contributed by atoms with E-state index in [1.807, 2.05) is 6.92 Å². The minimum absolute atomic E-state index is 0.113. The number of amides is 1. The summed E-state index contributed by atoms with van der Waals surface area (Å²) in [6.45, 7) is 7.01. The van der Waals surface area contributed by atoms with Crippen LogP contribution in [0.15, 0.2) is 23.0 Å². The molecule has 2 saturated heterocycles. The number of aromatic amines is 1. The van der Waals surface area contributed by atoms with Gasteiger partial charge in [-0.1, -0.05) is 6.07 Å². The first-order valence-electron chi connectivity index (χ1n) is 11.5. The van der Waals surface area contributed by atoms with Crippen molar-refractivity contribution in [2.45, 2.75) is 45.7 Å². The lowest BCUT2D eigenvalue weighted by Crippen LogP contribution is -2.44. The molecule has 3 heterocycles. The highest BCUT2D eigenvalue weighted by molar-refractivity contribution is 5.94. The predicted molar refractivity (Wildman–Crippen MR) is 122 cm³/mol. The summed E-state index contributed by atoms with van der Waals surface area (Å²) in [4.78, 5) is 35.4. The van der Waals surface area contributed by atoms with E-state index in [1.165, 1.54) is 6.07 Å². The molecule has 3 N–H and O–H groups in total. The normalized spacial score (nSPS) is 17.0. The quantitative estimate of drug-likeness (QED) is 0.545. The molecule has 1 aromatic heterocycles. The number of aromatic nitrogens is 2. The molecule has 0 bridgehead atoms. The summed E-state index contributed by atoms with van der Waals surface area (Å²) in [5, 5.41) is 17.2. The fourth-order valence-corrected chi connectivity index (χ4v) is 4.46. The van der Waals surface area contributed by atoms with Crippen molar-refractivity contribution in [1.82, 2.24) is 20.4 Å². The zero-order valence-corrected chi connectivity index (χ0v) is 20.0. The van der Waals surface area contributed by atoms with Crippen LogP contribution in [0, 0.1) is 25.1 Å². The van der Waals surface area contributed by atoms with Crippen LogP contribution in [0.4, 0.5) is 17.6 Å². The molecule has 0 radical (unpaired) electrons. The Labute approximate surface area is 204 Å². The van der Waals surface area contributed by atoms with Crippen molar-refractivity contribution in [3.8, 4) is 0 Å². The van der Waals surface area contributed by atoms with Crippen LogP contribution in [-0.4, -0.2) is 64.4 Å². The number of nitrogens with zero attached hydrogens (tertiary/aromatic N) is 2. The number of carbonyl (C=O) groups excluding carboxylic acids is 1. The van der Waals surface area contributed by atoms with Gasteiger partial charge in [0.05, 0.1) is 11.3 Å². The Balaban J connectivity index is 0.000000454. The summed E-state index contributed by atoms with van der Waals surface area (Å²) in [5.74, 6) is -3.50. The van der Waals surface area contributed by atoms with Gasteiger partial charge in [-0.25, -0.2) is 14.3 Å². The Morgan fingerprint density at radius 2 is 1.78 bits per heavy atom. The van der Waals surface area contributed by atoms with Crippen LogP contribution in [0.3, 0.4) is 0 Å². The van der Waals surface area contributed by atoms with E-state index >= 15 is 0 Å². The smallest absolute Gasteiger partial charge is 0.475 e. The van der Waals surface area contributed by atoms with Crippen molar-refractivity contribution in [2.75, 3.05) is 26.2 Å². The number of carboxylic acids is 1. The topological polar surface area (TPSA) is 115 Å². The maximum absolute atomic E-state index is 14.5.